The van der Waals surface area contributed by atoms with Gasteiger partial charge in [-0.25, -0.2) is 4.84 Å². The molecule has 0 aliphatic rings. The molecule has 3 rings (SSSR count). The average Bonchev–Trinajstić information content (AvgIpc) is 3.35. The molecule has 0 radical (unpaired) electrons. The summed E-state index contributed by atoms with van der Waals surface area (Å²) in [5.41, 5.74) is 3.34. The van der Waals surface area contributed by atoms with Crippen LogP contribution in [0.25, 0.3) is 5.69 Å². The lowest BCUT2D eigenvalue weighted by Crippen LogP contribution is -2.75. The third-order valence-electron chi connectivity index (χ3n) is 4.32. The number of carbonyl (C=O) groups is 1. The van der Waals surface area contributed by atoms with Crippen LogP contribution in [0.2, 0.25) is 5.02 Å². The number of benzene rings is 2. The summed E-state index contributed by atoms with van der Waals surface area (Å²) in [6.45, 7) is 2.16. The molecule has 0 fully saturated rings. The molecule has 0 saturated heterocycles. The van der Waals surface area contributed by atoms with Crippen LogP contribution in [0.15, 0.2) is 54.6 Å². The van der Waals surface area contributed by atoms with Crippen molar-refractivity contribution in [2.45, 2.75) is 25.9 Å². The fourth-order valence-electron chi connectivity index (χ4n) is 2.73. The number of aromatic nitrogens is 2. The zero-order chi connectivity index (χ0) is 29.0. The van der Waals surface area contributed by atoms with Gasteiger partial charge in [0.05, 0.1) is 24.4 Å². The summed E-state index contributed by atoms with van der Waals surface area (Å²) in [5.74, 6) is 0.00271. The monoisotopic (exact) mass is 563 g/mol. The molecule has 38 heavy (non-hydrogen) atoms. The number of aliphatic hydroxyl groups is 2. The first-order chi connectivity index (χ1) is 18.2. The topological polar surface area (TPSA) is 122 Å². The van der Waals surface area contributed by atoms with Crippen LogP contribution in [0.1, 0.15) is 24.6 Å². The maximum atomic E-state index is 12.7. The van der Waals surface area contributed by atoms with Crippen molar-refractivity contribution >= 4 is 23.7 Å². The minimum absolute atomic E-state index is 0.00271. The number of alkyl halides is 3. The van der Waals surface area contributed by atoms with E-state index in [9.17, 15) is 13.2 Å². The highest BCUT2D eigenvalue weighted by Crippen LogP contribution is 2.33. The number of hydrogen-bond acceptors (Lipinski definition) is 6. The largest absolute Gasteiger partial charge is 0.478 e. The summed E-state index contributed by atoms with van der Waals surface area (Å²) in [4.78, 5) is 13.9. The molecule has 0 aliphatic carbocycles. The van der Waals surface area contributed by atoms with E-state index in [1.54, 1.807) is 50.8 Å². The van der Waals surface area contributed by atoms with Gasteiger partial charge in [-0.3, -0.25) is 4.79 Å². The molecular formula is C25H35ClF3N4O5+. The number of aryl methyl sites for hydroxylation is 1. The van der Waals surface area contributed by atoms with Crippen molar-refractivity contribution in [1.82, 2.24) is 15.1 Å². The van der Waals surface area contributed by atoms with Gasteiger partial charge >= 0.3 is 6.18 Å². The molecule has 212 valence electrons. The van der Waals surface area contributed by atoms with Crippen molar-refractivity contribution in [1.29, 1.82) is 0 Å². The fourth-order valence-corrected chi connectivity index (χ4v) is 2.95. The second kappa shape index (κ2) is 19.9. The van der Waals surface area contributed by atoms with E-state index in [1.165, 1.54) is 5.56 Å². The van der Waals surface area contributed by atoms with Crippen molar-refractivity contribution in [3.05, 3.63) is 70.9 Å². The Morgan fingerprint density at radius 3 is 2.24 bits per heavy atom. The molecule has 0 spiro atoms. The first kappa shape index (κ1) is 34.8. The van der Waals surface area contributed by atoms with Gasteiger partial charge in [0, 0.05) is 39.0 Å². The average molecular weight is 564 g/mol. The normalized spacial score (nSPS) is 10.1. The summed E-state index contributed by atoms with van der Waals surface area (Å²) in [6, 6.07) is 15.5. The maximum Gasteiger partial charge on any atom is 0.435 e. The van der Waals surface area contributed by atoms with Gasteiger partial charge in [0.1, 0.15) is 0 Å². The number of hydrogen-bond donors (Lipinski definition) is 4. The Morgan fingerprint density at radius 1 is 1.16 bits per heavy atom. The van der Waals surface area contributed by atoms with E-state index in [1.807, 2.05) is 12.1 Å². The summed E-state index contributed by atoms with van der Waals surface area (Å²) < 4.78 is 44.2. The van der Waals surface area contributed by atoms with Crippen molar-refractivity contribution in [2.75, 3.05) is 34.5 Å². The number of nitrogens with zero attached hydrogens (tertiary/aromatic N) is 2. The van der Waals surface area contributed by atoms with Gasteiger partial charge in [0.25, 0.3) is 0 Å². The number of quaternary nitrogens is 1. The smallest absolute Gasteiger partial charge is 0.435 e. The molecular weight excluding hydrogens is 529 g/mol. The van der Waals surface area contributed by atoms with Gasteiger partial charge in [-0.1, -0.05) is 35.9 Å². The van der Waals surface area contributed by atoms with E-state index < -0.39 is 11.9 Å². The highest BCUT2D eigenvalue weighted by atomic mass is 35.5. The molecule has 1 heterocycles. The number of aliphatic hydroxyl groups excluding tert-OH is 2. The van der Waals surface area contributed by atoms with Crippen LogP contribution in [0, 0.1) is 0 Å². The molecule has 0 atom stereocenters. The molecule has 1 aromatic heterocycles. The lowest BCUT2D eigenvalue weighted by Gasteiger charge is -2.08. The third-order valence-corrected chi connectivity index (χ3v) is 4.63. The number of nitrogens with two attached hydrogens (primary N) is 1. The van der Waals surface area contributed by atoms with Crippen LogP contribution in [0.4, 0.5) is 18.9 Å². The van der Waals surface area contributed by atoms with E-state index >= 15 is 0 Å². The van der Waals surface area contributed by atoms with E-state index in [0.717, 1.165) is 36.4 Å². The second-order valence-corrected chi connectivity index (χ2v) is 7.40. The maximum absolute atomic E-state index is 12.7. The minimum Gasteiger partial charge on any atom is -0.478 e. The predicted molar refractivity (Wildman–Crippen MR) is 138 cm³/mol. The Hall–Kier alpha value is -3.16. The quantitative estimate of drug-likeness (QED) is 0.180. The molecule has 0 aliphatic heterocycles. The number of amides is 1. The SMILES string of the molecule is CCOc1cc(C(F)(F)F)nn1-c1ccccc1Cl.CNC=O.CO.CO[NH2+]c1ccc(CCCO)cc1. The van der Waals surface area contributed by atoms with Crippen molar-refractivity contribution in [2.24, 2.45) is 0 Å². The van der Waals surface area contributed by atoms with Gasteiger partial charge < -0.3 is 20.3 Å². The molecule has 0 saturated carbocycles. The Bertz CT molecular complexity index is 1030. The molecule has 0 bridgehead atoms. The van der Waals surface area contributed by atoms with Crippen LogP contribution >= 0.6 is 11.6 Å². The fraction of sp³-hybridized carbons (Fsp3) is 0.360. The molecule has 3 aromatic rings. The Morgan fingerprint density at radius 2 is 1.76 bits per heavy atom. The number of carbonyl (C=O) groups excluding carboxylic acids is 1. The van der Waals surface area contributed by atoms with Crippen LogP contribution < -0.4 is 15.5 Å². The lowest BCUT2D eigenvalue weighted by molar-refractivity contribution is -0.830. The van der Waals surface area contributed by atoms with Gasteiger partial charge in [-0.2, -0.15) is 28.4 Å². The molecule has 5 N–H and O–H groups in total. The highest BCUT2D eigenvalue weighted by Gasteiger charge is 2.35. The third kappa shape index (κ3) is 12.9. The number of halogens is 4. The molecule has 2 aromatic carbocycles. The summed E-state index contributed by atoms with van der Waals surface area (Å²) in [6.07, 6.45) is -2.14. The Kier molecular flexibility index (Phi) is 18.2. The molecule has 9 nitrogen and oxygen atoms in total. The first-order valence-corrected chi connectivity index (χ1v) is 11.8. The standard InChI is InChI=1S/C12H10ClF3N2O.C10H15NO2.C2H5NO.CH4O/c1-2-19-11-7-10(12(14,15)16)17-18(11)9-6-4-3-5-8(9)13;1-13-11-10-6-4-9(5-7-10)3-2-8-12;1-3-2-4;1-2/h3-7H,2H2,1H3;4-7,11-12H,2-3,8H2,1H3;2H,1H3,(H,3,4);2H,1H3/p+1. The number of nitrogens with one attached hydrogen (secondary N) is 1. The molecule has 1 amide bonds. The van der Waals surface area contributed by atoms with Crippen LogP contribution in [0.3, 0.4) is 0 Å². The van der Waals surface area contributed by atoms with E-state index in [0.29, 0.717) is 17.1 Å². The number of rotatable bonds is 9. The predicted octanol–water partition coefficient (Wildman–Crippen LogP) is 3.28. The van der Waals surface area contributed by atoms with Crippen molar-refractivity contribution in [3.63, 3.8) is 0 Å². The first-order valence-electron chi connectivity index (χ1n) is 11.4. The number of para-hydroxylation sites is 1. The number of ether oxygens (including phenoxy) is 1. The van der Waals surface area contributed by atoms with E-state index in [-0.39, 0.29) is 19.1 Å². The van der Waals surface area contributed by atoms with Crippen molar-refractivity contribution < 1.29 is 43.2 Å². The van der Waals surface area contributed by atoms with Crippen molar-refractivity contribution in [3.8, 4) is 11.6 Å². The molecule has 0 unspecified atom stereocenters. The minimum atomic E-state index is -4.53. The van der Waals surface area contributed by atoms with Crippen LogP contribution in [-0.4, -0.2) is 60.9 Å². The molecule has 13 heteroatoms. The van der Waals surface area contributed by atoms with Crippen LogP contribution in [0.5, 0.6) is 5.88 Å². The summed E-state index contributed by atoms with van der Waals surface area (Å²) in [7, 11) is 4.20. The highest BCUT2D eigenvalue weighted by molar-refractivity contribution is 6.32. The van der Waals surface area contributed by atoms with Gasteiger partial charge in [0.2, 0.25) is 12.3 Å². The van der Waals surface area contributed by atoms with Crippen LogP contribution in [-0.2, 0) is 22.2 Å². The van der Waals surface area contributed by atoms with Gasteiger partial charge in [-0.05, 0) is 37.5 Å². The zero-order valence-corrected chi connectivity index (χ0v) is 22.5. The van der Waals surface area contributed by atoms with Gasteiger partial charge in [0.15, 0.2) is 11.4 Å². The Labute approximate surface area is 225 Å². The lowest BCUT2D eigenvalue weighted by atomic mass is 10.1. The zero-order valence-electron chi connectivity index (χ0n) is 21.7. The van der Waals surface area contributed by atoms with Gasteiger partial charge in [-0.15, -0.1) is 0 Å². The Balaban J connectivity index is 0.000000625. The van der Waals surface area contributed by atoms with E-state index in [4.69, 9.17) is 36.2 Å². The summed E-state index contributed by atoms with van der Waals surface area (Å²) in [5, 5.41) is 21.7. The van der Waals surface area contributed by atoms with E-state index in [2.05, 4.69) is 22.5 Å². The second-order valence-electron chi connectivity index (χ2n) is 6.99. The summed E-state index contributed by atoms with van der Waals surface area (Å²) >= 11 is 5.96.